The van der Waals surface area contributed by atoms with Gasteiger partial charge in [-0.05, 0) is 74.1 Å². The predicted molar refractivity (Wildman–Crippen MR) is 131 cm³/mol. The molecule has 2 aliphatic rings. The van der Waals surface area contributed by atoms with Crippen molar-refractivity contribution >= 4 is 28.4 Å². The summed E-state index contributed by atoms with van der Waals surface area (Å²) in [7, 11) is 0. The van der Waals surface area contributed by atoms with Crippen LogP contribution in [-0.2, 0) is 0 Å². The van der Waals surface area contributed by atoms with Crippen molar-refractivity contribution in [3.63, 3.8) is 0 Å². The van der Waals surface area contributed by atoms with E-state index >= 15 is 0 Å². The predicted octanol–water partition coefficient (Wildman–Crippen LogP) is 5.53. The van der Waals surface area contributed by atoms with Crippen LogP contribution in [-0.4, -0.2) is 31.0 Å². The molecule has 0 saturated heterocycles. The van der Waals surface area contributed by atoms with Crippen LogP contribution >= 0.6 is 0 Å². The molecule has 1 atom stereocenters. The van der Waals surface area contributed by atoms with Crippen LogP contribution in [0.25, 0.3) is 22.4 Å². The summed E-state index contributed by atoms with van der Waals surface area (Å²) in [5.74, 6) is 1.51. The molecule has 1 aromatic carbocycles. The van der Waals surface area contributed by atoms with Crippen LogP contribution in [0.3, 0.4) is 0 Å². The Balaban J connectivity index is 1.34. The normalized spacial score (nSPS) is 17.9. The van der Waals surface area contributed by atoms with Gasteiger partial charge in [-0.2, -0.15) is 0 Å². The van der Waals surface area contributed by atoms with E-state index in [1.165, 1.54) is 24.7 Å². The summed E-state index contributed by atoms with van der Waals surface area (Å²) in [5.41, 5.74) is 7.88. The summed E-state index contributed by atoms with van der Waals surface area (Å²) in [6.45, 7) is 4.35. The van der Waals surface area contributed by atoms with E-state index in [-0.39, 0.29) is 0 Å². The molecule has 0 amide bonds. The number of nitrogens with zero attached hydrogens (tertiary/aromatic N) is 5. The number of allylic oxidation sites excluding steroid dienone is 2. The van der Waals surface area contributed by atoms with Gasteiger partial charge in [0.15, 0.2) is 5.65 Å². The third-order valence-electron chi connectivity index (χ3n) is 6.41. The van der Waals surface area contributed by atoms with Gasteiger partial charge < -0.3 is 15.2 Å². The topological polar surface area (TPSA) is 82.6 Å². The maximum absolute atomic E-state index is 4.63. The summed E-state index contributed by atoms with van der Waals surface area (Å²) >= 11 is 0. The lowest BCUT2D eigenvalue weighted by molar-refractivity contribution is 0.821. The number of fused-ring (bicyclic) bond motifs is 1. The Kier molecular flexibility index (Phi) is 4.68. The minimum absolute atomic E-state index is 0.321. The molecule has 33 heavy (non-hydrogen) atoms. The molecule has 4 aromatic rings. The molecule has 6 rings (SSSR count). The summed E-state index contributed by atoms with van der Waals surface area (Å²) in [4.78, 5) is 23.1. The Morgan fingerprint density at radius 1 is 1.09 bits per heavy atom. The van der Waals surface area contributed by atoms with E-state index in [1.807, 2.05) is 12.1 Å². The zero-order valence-corrected chi connectivity index (χ0v) is 18.7. The Morgan fingerprint density at radius 2 is 2.00 bits per heavy atom. The number of aromatic amines is 1. The molecule has 4 heterocycles. The Hall–Kier alpha value is -4.00. The first kappa shape index (κ1) is 19.7. The van der Waals surface area contributed by atoms with Crippen LogP contribution in [0.4, 0.5) is 17.2 Å². The number of hydrogen-bond donors (Lipinski definition) is 2. The molecule has 0 bridgehead atoms. The first-order chi connectivity index (χ1) is 16.2. The SMILES string of the molecule is Cc1ccc(N2C=CC(C3CC3)=CC2C)cc1Nc1ncccc1-c1ncnc2nc[nH]c12. The lowest BCUT2D eigenvalue weighted by Gasteiger charge is -2.30. The molecule has 2 N–H and O–H groups in total. The van der Waals surface area contributed by atoms with Crippen LogP contribution < -0.4 is 10.2 Å². The van der Waals surface area contributed by atoms with Crippen molar-refractivity contribution in [2.75, 3.05) is 10.2 Å². The Morgan fingerprint density at radius 3 is 2.85 bits per heavy atom. The molecule has 0 radical (unpaired) electrons. The van der Waals surface area contributed by atoms with E-state index in [0.717, 1.165) is 45.4 Å². The molecule has 1 aliphatic carbocycles. The standard InChI is InChI=1S/C26H25N7/c1-16-5-8-20(33-11-9-19(12-17(33)2)18-6-7-18)13-22(16)32-25-21(4-3-10-27-25)23-24-26(30-14-28-23)31-15-29-24/h3-5,8-15,17-18H,6-7H2,1-2H3,(H,27,32)(H,28,29,30,31). The smallest absolute Gasteiger partial charge is 0.181 e. The fraction of sp³-hybridized carbons (Fsp3) is 0.231. The van der Waals surface area contributed by atoms with Crippen LogP contribution in [0.1, 0.15) is 25.3 Å². The molecule has 1 fully saturated rings. The number of anilines is 3. The summed E-state index contributed by atoms with van der Waals surface area (Å²) in [6, 6.07) is 10.8. The van der Waals surface area contributed by atoms with Gasteiger partial charge in [-0.1, -0.05) is 12.1 Å². The van der Waals surface area contributed by atoms with Crippen LogP contribution in [0.2, 0.25) is 0 Å². The number of hydrogen-bond acceptors (Lipinski definition) is 6. The molecule has 7 nitrogen and oxygen atoms in total. The quantitative estimate of drug-likeness (QED) is 0.429. The first-order valence-electron chi connectivity index (χ1n) is 11.3. The van der Waals surface area contributed by atoms with Gasteiger partial charge in [0.2, 0.25) is 0 Å². The van der Waals surface area contributed by atoms with Crippen molar-refractivity contribution < 1.29 is 0 Å². The zero-order valence-electron chi connectivity index (χ0n) is 18.7. The summed E-state index contributed by atoms with van der Waals surface area (Å²) in [5, 5.41) is 3.56. The second-order valence-corrected chi connectivity index (χ2v) is 8.75. The van der Waals surface area contributed by atoms with Crippen molar-refractivity contribution in [3.8, 4) is 11.3 Å². The largest absolute Gasteiger partial charge is 0.341 e. The van der Waals surface area contributed by atoms with Crippen molar-refractivity contribution in [1.29, 1.82) is 0 Å². The van der Waals surface area contributed by atoms with E-state index in [2.05, 4.69) is 85.5 Å². The number of rotatable bonds is 5. The molecule has 7 heteroatoms. The number of pyridine rings is 1. The van der Waals surface area contributed by atoms with E-state index in [1.54, 1.807) is 12.5 Å². The fourth-order valence-corrected chi connectivity index (χ4v) is 4.42. The Bertz CT molecular complexity index is 1400. The average Bonchev–Trinajstić information content (AvgIpc) is 3.57. The van der Waals surface area contributed by atoms with Crippen LogP contribution in [0.5, 0.6) is 0 Å². The lowest BCUT2D eigenvalue weighted by atomic mass is 10.0. The minimum Gasteiger partial charge on any atom is -0.341 e. The minimum atomic E-state index is 0.321. The molecule has 1 saturated carbocycles. The number of H-pyrrole nitrogens is 1. The highest BCUT2D eigenvalue weighted by atomic mass is 15.1. The first-order valence-corrected chi connectivity index (χ1v) is 11.3. The molecule has 0 spiro atoms. The van der Waals surface area contributed by atoms with Crippen molar-refractivity contribution in [2.24, 2.45) is 5.92 Å². The monoisotopic (exact) mass is 435 g/mol. The van der Waals surface area contributed by atoms with E-state index in [0.29, 0.717) is 11.7 Å². The molecule has 3 aromatic heterocycles. The summed E-state index contributed by atoms with van der Waals surface area (Å²) in [6.07, 6.45) is 14.5. The van der Waals surface area contributed by atoms with Gasteiger partial charge in [0.1, 0.15) is 23.4 Å². The highest BCUT2D eigenvalue weighted by Crippen LogP contribution is 2.40. The van der Waals surface area contributed by atoms with E-state index < -0.39 is 0 Å². The summed E-state index contributed by atoms with van der Waals surface area (Å²) < 4.78 is 0. The number of benzene rings is 1. The van der Waals surface area contributed by atoms with Gasteiger partial charge >= 0.3 is 0 Å². The fourth-order valence-electron chi connectivity index (χ4n) is 4.42. The van der Waals surface area contributed by atoms with Gasteiger partial charge in [0.25, 0.3) is 0 Å². The highest BCUT2D eigenvalue weighted by Gasteiger charge is 2.27. The van der Waals surface area contributed by atoms with Crippen molar-refractivity contribution in [3.05, 3.63) is 78.7 Å². The highest BCUT2D eigenvalue weighted by molar-refractivity contribution is 5.91. The van der Waals surface area contributed by atoms with E-state index in [9.17, 15) is 0 Å². The number of aryl methyl sites for hydroxylation is 1. The third-order valence-corrected chi connectivity index (χ3v) is 6.41. The van der Waals surface area contributed by atoms with E-state index in [4.69, 9.17) is 0 Å². The molecule has 1 aliphatic heterocycles. The molecule has 1 unspecified atom stereocenters. The second kappa shape index (κ2) is 7.85. The molecular formula is C26H25N7. The number of nitrogens with one attached hydrogen (secondary N) is 2. The molecular weight excluding hydrogens is 410 g/mol. The maximum atomic E-state index is 4.63. The van der Waals surface area contributed by atoms with Gasteiger partial charge in [-0.15, -0.1) is 0 Å². The van der Waals surface area contributed by atoms with Crippen LogP contribution in [0, 0.1) is 12.8 Å². The molecule has 164 valence electrons. The lowest BCUT2D eigenvalue weighted by Crippen LogP contribution is -2.28. The van der Waals surface area contributed by atoms with Crippen molar-refractivity contribution in [2.45, 2.75) is 32.7 Å². The van der Waals surface area contributed by atoms with Gasteiger partial charge in [-0.25, -0.2) is 19.9 Å². The average molecular weight is 436 g/mol. The van der Waals surface area contributed by atoms with Crippen molar-refractivity contribution in [1.82, 2.24) is 24.9 Å². The second-order valence-electron chi connectivity index (χ2n) is 8.75. The number of imidazole rings is 1. The van der Waals surface area contributed by atoms with Gasteiger partial charge in [0, 0.05) is 35.4 Å². The van der Waals surface area contributed by atoms with Gasteiger partial charge in [0.05, 0.1) is 6.33 Å². The van der Waals surface area contributed by atoms with Gasteiger partial charge in [-0.3, -0.25) is 0 Å². The van der Waals surface area contributed by atoms with Crippen LogP contribution in [0.15, 0.2) is 73.1 Å². The zero-order chi connectivity index (χ0) is 22.4. The Labute approximate surface area is 192 Å². The maximum Gasteiger partial charge on any atom is 0.181 e. The third kappa shape index (κ3) is 3.65. The number of aromatic nitrogens is 5.